The lowest BCUT2D eigenvalue weighted by Gasteiger charge is -2.21. The van der Waals surface area contributed by atoms with Crippen LogP contribution in [0.2, 0.25) is 0 Å². The van der Waals surface area contributed by atoms with Gasteiger partial charge in [-0.2, -0.15) is 5.26 Å². The number of anilines is 1. The van der Waals surface area contributed by atoms with Crippen molar-refractivity contribution in [3.63, 3.8) is 0 Å². The van der Waals surface area contributed by atoms with E-state index in [1.165, 1.54) is 12.3 Å². The van der Waals surface area contributed by atoms with Crippen molar-refractivity contribution in [1.29, 1.82) is 5.26 Å². The molecule has 1 aromatic rings. The first-order valence-electron chi connectivity index (χ1n) is 5.72. The van der Waals surface area contributed by atoms with Crippen LogP contribution in [0.5, 0.6) is 0 Å². The molecule has 7 heteroatoms. The van der Waals surface area contributed by atoms with Crippen molar-refractivity contribution in [2.24, 2.45) is 0 Å². The van der Waals surface area contributed by atoms with E-state index in [1.54, 1.807) is 0 Å². The Morgan fingerprint density at radius 1 is 1.50 bits per heavy atom. The lowest BCUT2D eigenvalue weighted by atomic mass is 10.2. The Balaban J connectivity index is 2.32. The molecule has 1 aromatic heterocycles. The summed E-state index contributed by atoms with van der Waals surface area (Å²) < 4.78 is 0. The normalized spacial score (nSPS) is 15.8. The van der Waals surface area contributed by atoms with Crippen molar-refractivity contribution in [1.82, 2.24) is 10.3 Å². The van der Waals surface area contributed by atoms with Gasteiger partial charge in [-0.1, -0.05) is 0 Å². The molecule has 0 unspecified atom stereocenters. The molecule has 1 aliphatic heterocycles. The van der Waals surface area contributed by atoms with Gasteiger partial charge < -0.3 is 10.2 Å². The average molecular weight is 247 g/mol. The number of nitriles is 1. The van der Waals surface area contributed by atoms with Gasteiger partial charge in [0.2, 0.25) is 0 Å². The number of aromatic nitrogens is 1. The van der Waals surface area contributed by atoms with E-state index in [2.05, 4.69) is 10.3 Å². The predicted octanol–water partition coefficient (Wildman–Crippen LogP) is 0.661. The van der Waals surface area contributed by atoms with Gasteiger partial charge in [0.05, 0.1) is 4.92 Å². The van der Waals surface area contributed by atoms with Gasteiger partial charge >= 0.3 is 0 Å². The number of rotatable bonds is 2. The fourth-order valence-corrected chi connectivity index (χ4v) is 1.94. The Morgan fingerprint density at radius 2 is 2.33 bits per heavy atom. The quantitative estimate of drug-likeness (QED) is 0.609. The number of hydrogen-bond acceptors (Lipinski definition) is 6. The zero-order valence-corrected chi connectivity index (χ0v) is 9.80. The van der Waals surface area contributed by atoms with E-state index in [4.69, 9.17) is 5.26 Å². The smallest absolute Gasteiger partial charge is 0.289 e. The maximum atomic E-state index is 10.6. The van der Waals surface area contributed by atoms with E-state index < -0.39 is 4.92 Å². The zero-order valence-electron chi connectivity index (χ0n) is 9.80. The third-order valence-corrected chi connectivity index (χ3v) is 2.82. The summed E-state index contributed by atoms with van der Waals surface area (Å²) in [7, 11) is 0. The van der Waals surface area contributed by atoms with Crippen molar-refractivity contribution in [2.75, 3.05) is 31.1 Å². The molecule has 7 nitrogen and oxygen atoms in total. The Kier molecular flexibility index (Phi) is 3.69. The second kappa shape index (κ2) is 5.42. The lowest BCUT2D eigenvalue weighted by Crippen LogP contribution is -2.29. The molecule has 2 heterocycles. The summed E-state index contributed by atoms with van der Waals surface area (Å²) in [6, 6.07) is 3.26. The minimum Gasteiger partial charge on any atom is -0.354 e. The highest BCUT2D eigenvalue weighted by Gasteiger charge is 2.18. The third-order valence-electron chi connectivity index (χ3n) is 2.82. The number of pyridine rings is 1. The van der Waals surface area contributed by atoms with Gasteiger partial charge in [0.15, 0.2) is 0 Å². The van der Waals surface area contributed by atoms with Gasteiger partial charge in [0.25, 0.3) is 5.69 Å². The Morgan fingerprint density at radius 3 is 3.06 bits per heavy atom. The summed E-state index contributed by atoms with van der Waals surface area (Å²) in [5, 5.41) is 23.0. The van der Waals surface area contributed by atoms with Crippen LogP contribution in [-0.4, -0.2) is 36.1 Å². The average Bonchev–Trinajstić information content (AvgIpc) is 2.66. The molecule has 1 saturated heterocycles. The first-order chi connectivity index (χ1) is 8.72. The van der Waals surface area contributed by atoms with Crippen LogP contribution in [0.25, 0.3) is 0 Å². The predicted molar refractivity (Wildman–Crippen MR) is 65.3 cm³/mol. The second-order valence-corrected chi connectivity index (χ2v) is 4.02. The highest BCUT2D eigenvalue weighted by Crippen LogP contribution is 2.22. The Bertz CT molecular complexity index is 489. The van der Waals surface area contributed by atoms with Crippen molar-refractivity contribution in [3.8, 4) is 6.07 Å². The molecular weight excluding hydrogens is 234 g/mol. The van der Waals surface area contributed by atoms with Crippen molar-refractivity contribution in [3.05, 3.63) is 27.9 Å². The summed E-state index contributed by atoms with van der Waals surface area (Å²) in [4.78, 5) is 16.2. The zero-order chi connectivity index (χ0) is 13.0. The first kappa shape index (κ1) is 12.3. The lowest BCUT2D eigenvalue weighted by molar-refractivity contribution is -0.385. The topological polar surface area (TPSA) is 95.1 Å². The van der Waals surface area contributed by atoms with Gasteiger partial charge in [-0.3, -0.25) is 10.1 Å². The van der Waals surface area contributed by atoms with Crippen LogP contribution in [0.4, 0.5) is 11.5 Å². The molecular formula is C11H13N5O2. The molecule has 1 N–H and O–H groups in total. The fourth-order valence-electron chi connectivity index (χ4n) is 1.94. The highest BCUT2D eigenvalue weighted by atomic mass is 16.6. The maximum absolute atomic E-state index is 10.6. The van der Waals surface area contributed by atoms with Crippen LogP contribution in [0.3, 0.4) is 0 Å². The summed E-state index contributed by atoms with van der Waals surface area (Å²) in [6.45, 7) is 3.31. The molecule has 2 rings (SSSR count). The monoisotopic (exact) mass is 247 g/mol. The summed E-state index contributed by atoms with van der Waals surface area (Å²) in [6.07, 6.45) is 2.16. The summed E-state index contributed by atoms with van der Waals surface area (Å²) in [5.74, 6) is 0.534. The van der Waals surface area contributed by atoms with Crippen LogP contribution in [0.1, 0.15) is 12.0 Å². The molecule has 0 aliphatic carbocycles. The van der Waals surface area contributed by atoms with E-state index in [0.29, 0.717) is 5.82 Å². The highest BCUT2D eigenvalue weighted by molar-refractivity contribution is 5.57. The fraction of sp³-hybridized carbons (Fsp3) is 0.455. The summed E-state index contributed by atoms with van der Waals surface area (Å²) in [5.41, 5.74) is 0.106. The minimum absolute atomic E-state index is 0.150. The van der Waals surface area contributed by atoms with Crippen molar-refractivity contribution >= 4 is 11.5 Å². The molecule has 1 aliphatic rings. The van der Waals surface area contributed by atoms with Crippen LogP contribution in [0.15, 0.2) is 12.3 Å². The summed E-state index contributed by atoms with van der Waals surface area (Å²) >= 11 is 0. The number of nitro groups is 1. The van der Waals surface area contributed by atoms with Crippen LogP contribution in [-0.2, 0) is 0 Å². The molecule has 0 amide bonds. The first-order valence-corrected chi connectivity index (χ1v) is 5.72. The SMILES string of the molecule is N#Cc1cc([N+](=O)[O-])cnc1N1CCCNCC1. The van der Waals surface area contributed by atoms with E-state index in [1.807, 2.05) is 11.0 Å². The van der Waals surface area contributed by atoms with Gasteiger partial charge in [0, 0.05) is 25.7 Å². The maximum Gasteiger partial charge on any atom is 0.289 e. The van der Waals surface area contributed by atoms with Crippen LogP contribution in [0, 0.1) is 21.4 Å². The number of nitrogens with zero attached hydrogens (tertiary/aromatic N) is 4. The minimum atomic E-state index is -0.540. The van der Waals surface area contributed by atoms with E-state index in [9.17, 15) is 10.1 Å². The molecule has 0 radical (unpaired) electrons. The largest absolute Gasteiger partial charge is 0.354 e. The van der Waals surface area contributed by atoms with Crippen LogP contribution < -0.4 is 10.2 Å². The Labute approximate surface area is 104 Å². The Hall–Kier alpha value is -2.20. The molecule has 0 aromatic carbocycles. The van der Waals surface area contributed by atoms with Crippen LogP contribution >= 0.6 is 0 Å². The standard InChI is InChI=1S/C11H13N5O2/c12-7-9-6-10(16(17)18)8-14-11(9)15-4-1-2-13-3-5-15/h6,8,13H,1-5H2. The van der Waals surface area contributed by atoms with E-state index >= 15 is 0 Å². The van der Waals surface area contributed by atoms with E-state index in [-0.39, 0.29) is 11.3 Å². The number of nitrogens with one attached hydrogen (secondary N) is 1. The van der Waals surface area contributed by atoms with Crippen molar-refractivity contribution in [2.45, 2.75) is 6.42 Å². The molecule has 0 bridgehead atoms. The van der Waals surface area contributed by atoms with Gasteiger partial charge in [-0.05, 0) is 13.0 Å². The molecule has 18 heavy (non-hydrogen) atoms. The molecule has 0 atom stereocenters. The van der Waals surface area contributed by atoms with Crippen molar-refractivity contribution < 1.29 is 4.92 Å². The molecule has 0 saturated carbocycles. The van der Waals surface area contributed by atoms with Gasteiger partial charge in [0.1, 0.15) is 23.6 Å². The third kappa shape index (κ3) is 2.55. The van der Waals surface area contributed by atoms with E-state index in [0.717, 1.165) is 32.6 Å². The second-order valence-electron chi connectivity index (χ2n) is 4.02. The van der Waals surface area contributed by atoms with Gasteiger partial charge in [-0.15, -0.1) is 0 Å². The number of hydrogen-bond donors (Lipinski definition) is 1. The molecule has 94 valence electrons. The van der Waals surface area contributed by atoms with Gasteiger partial charge in [-0.25, -0.2) is 4.98 Å². The molecule has 1 fully saturated rings. The molecule has 0 spiro atoms.